The van der Waals surface area contributed by atoms with Crippen LogP contribution in [-0.4, -0.2) is 17.4 Å². The van der Waals surface area contributed by atoms with E-state index in [1.807, 2.05) is 103 Å². The highest BCUT2D eigenvalue weighted by atomic mass is 16.6. The molecule has 0 spiro atoms. The average Bonchev–Trinajstić information content (AvgIpc) is 2.97. The minimum absolute atomic E-state index is 0.224. The zero-order valence-corrected chi connectivity index (χ0v) is 21.3. The van der Waals surface area contributed by atoms with E-state index in [0.29, 0.717) is 6.42 Å². The van der Waals surface area contributed by atoms with Gasteiger partial charge in [-0.05, 0) is 77.9 Å². The van der Waals surface area contributed by atoms with Crippen molar-refractivity contribution in [1.82, 2.24) is 0 Å². The molecule has 4 aromatic rings. The van der Waals surface area contributed by atoms with Crippen LogP contribution in [0.15, 0.2) is 116 Å². The Hall–Kier alpha value is -4.39. The molecule has 6 heteroatoms. The molecule has 4 rings (SSSR count). The van der Waals surface area contributed by atoms with Gasteiger partial charge in [0.1, 0.15) is 18.1 Å². The highest BCUT2D eigenvalue weighted by molar-refractivity contribution is 5.77. The molecule has 1 atom stereocenters. The van der Waals surface area contributed by atoms with Crippen molar-refractivity contribution in [3.63, 3.8) is 0 Å². The Balaban J connectivity index is 1.59. The van der Waals surface area contributed by atoms with Crippen LogP contribution in [-0.2, 0) is 27.5 Å². The third kappa shape index (κ3) is 7.32. The van der Waals surface area contributed by atoms with Gasteiger partial charge in [-0.15, -0.1) is 0 Å². The average molecular weight is 510 g/mol. The van der Waals surface area contributed by atoms with Gasteiger partial charge >= 0.3 is 5.97 Å². The molecule has 0 aliphatic carbocycles. The van der Waals surface area contributed by atoms with E-state index >= 15 is 0 Å². The van der Waals surface area contributed by atoms with Crippen molar-refractivity contribution in [3.8, 4) is 11.5 Å². The standard InChI is InChI=1S/C32H31NO5/c1-3-31(34)36-22-24-10-14-26(15-11-24)33(27-16-12-25(13-17-27)23-37-32(35)4-2)28-18-20-30(21-19-28)38-29-8-6-5-7-9-29/h3,5-21,31,34H,1,4,22-23H2,2H3. The van der Waals surface area contributed by atoms with Crippen molar-refractivity contribution in [3.05, 3.63) is 127 Å². The number of ether oxygens (including phenoxy) is 3. The first-order valence-electron chi connectivity index (χ1n) is 12.4. The fourth-order valence-corrected chi connectivity index (χ4v) is 3.73. The smallest absolute Gasteiger partial charge is 0.305 e. The lowest BCUT2D eigenvalue weighted by atomic mass is 10.1. The molecule has 0 bridgehead atoms. The van der Waals surface area contributed by atoms with Gasteiger partial charge in [-0.2, -0.15) is 0 Å². The number of anilines is 3. The van der Waals surface area contributed by atoms with Crippen molar-refractivity contribution in [2.45, 2.75) is 32.8 Å². The van der Waals surface area contributed by atoms with Gasteiger partial charge in [0, 0.05) is 23.5 Å². The fraction of sp³-hybridized carbons (Fsp3) is 0.156. The van der Waals surface area contributed by atoms with Crippen LogP contribution in [0.25, 0.3) is 0 Å². The lowest BCUT2D eigenvalue weighted by Crippen LogP contribution is -2.11. The Kier molecular flexibility index (Phi) is 9.29. The molecule has 0 aromatic heterocycles. The first-order valence-corrected chi connectivity index (χ1v) is 12.4. The Morgan fingerprint density at radius 3 is 1.82 bits per heavy atom. The Labute approximate surface area is 223 Å². The molecule has 4 aromatic carbocycles. The quantitative estimate of drug-likeness (QED) is 0.122. The predicted octanol–water partition coefficient (Wildman–Crippen LogP) is 7.42. The molecule has 1 unspecified atom stereocenters. The van der Waals surface area contributed by atoms with Gasteiger partial charge in [0.05, 0.1) is 6.61 Å². The number of aliphatic hydroxyl groups excluding tert-OH is 1. The maximum absolute atomic E-state index is 11.5. The summed E-state index contributed by atoms with van der Waals surface area (Å²) >= 11 is 0. The molecule has 194 valence electrons. The van der Waals surface area contributed by atoms with Crippen molar-refractivity contribution in [2.75, 3.05) is 4.90 Å². The number of benzene rings is 4. The third-order valence-corrected chi connectivity index (χ3v) is 5.77. The van der Waals surface area contributed by atoms with Gasteiger partial charge in [-0.25, -0.2) is 0 Å². The van der Waals surface area contributed by atoms with Gasteiger partial charge in [0.15, 0.2) is 6.29 Å². The summed E-state index contributed by atoms with van der Waals surface area (Å²) < 4.78 is 16.6. The van der Waals surface area contributed by atoms with Gasteiger partial charge in [0.25, 0.3) is 0 Å². The van der Waals surface area contributed by atoms with E-state index in [0.717, 1.165) is 39.7 Å². The van der Waals surface area contributed by atoms with Crippen molar-refractivity contribution in [1.29, 1.82) is 0 Å². The number of carbonyl (C=O) groups is 1. The van der Waals surface area contributed by atoms with Crippen molar-refractivity contribution >= 4 is 23.0 Å². The Morgan fingerprint density at radius 1 is 0.789 bits per heavy atom. The molecular weight excluding hydrogens is 478 g/mol. The van der Waals surface area contributed by atoms with Crippen LogP contribution in [0, 0.1) is 0 Å². The van der Waals surface area contributed by atoms with Crippen LogP contribution < -0.4 is 9.64 Å². The summed E-state index contributed by atoms with van der Waals surface area (Å²) in [4.78, 5) is 13.7. The summed E-state index contributed by atoms with van der Waals surface area (Å²) in [5.74, 6) is 1.29. The van der Waals surface area contributed by atoms with Gasteiger partial charge < -0.3 is 24.2 Å². The van der Waals surface area contributed by atoms with E-state index in [9.17, 15) is 9.90 Å². The number of hydrogen-bond acceptors (Lipinski definition) is 6. The van der Waals surface area contributed by atoms with Crippen LogP contribution in [0.3, 0.4) is 0 Å². The molecule has 0 saturated heterocycles. The first-order chi connectivity index (χ1) is 18.6. The Bertz CT molecular complexity index is 1300. The SMILES string of the molecule is C=CC(O)OCc1ccc(N(c2ccc(COC(=O)CC)cc2)c2ccc(Oc3ccccc3)cc2)cc1. The molecular formula is C32H31NO5. The fourth-order valence-electron chi connectivity index (χ4n) is 3.73. The number of carbonyl (C=O) groups excluding carboxylic acids is 1. The van der Waals surface area contributed by atoms with E-state index in [4.69, 9.17) is 14.2 Å². The summed E-state index contributed by atoms with van der Waals surface area (Å²) in [6.07, 6.45) is 0.690. The van der Waals surface area contributed by atoms with E-state index < -0.39 is 6.29 Å². The predicted molar refractivity (Wildman–Crippen MR) is 149 cm³/mol. The summed E-state index contributed by atoms with van der Waals surface area (Å²) in [7, 11) is 0. The minimum Gasteiger partial charge on any atom is -0.461 e. The summed E-state index contributed by atoms with van der Waals surface area (Å²) in [5, 5.41) is 9.59. The monoisotopic (exact) mass is 509 g/mol. The second-order valence-electron chi connectivity index (χ2n) is 8.53. The highest BCUT2D eigenvalue weighted by Crippen LogP contribution is 2.36. The topological polar surface area (TPSA) is 68.2 Å². The number of hydrogen-bond donors (Lipinski definition) is 1. The maximum atomic E-state index is 11.5. The lowest BCUT2D eigenvalue weighted by Gasteiger charge is -2.26. The number of esters is 1. The van der Waals surface area contributed by atoms with Crippen LogP contribution in [0.1, 0.15) is 24.5 Å². The van der Waals surface area contributed by atoms with Crippen LogP contribution in [0.5, 0.6) is 11.5 Å². The van der Waals surface area contributed by atoms with Gasteiger partial charge in [0.2, 0.25) is 0 Å². The lowest BCUT2D eigenvalue weighted by molar-refractivity contribution is -0.144. The Morgan fingerprint density at radius 2 is 1.29 bits per heavy atom. The molecule has 0 saturated carbocycles. The van der Waals surface area contributed by atoms with Gasteiger partial charge in [-0.3, -0.25) is 4.79 Å². The number of para-hydroxylation sites is 1. The van der Waals surface area contributed by atoms with E-state index in [1.165, 1.54) is 6.08 Å². The molecule has 0 fully saturated rings. The van der Waals surface area contributed by atoms with Crippen molar-refractivity contribution in [2.24, 2.45) is 0 Å². The van der Waals surface area contributed by atoms with Crippen LogP contribution >= 0.6 is 0 Å². The molecule has 0 heterocycles. The van der Waals surface area contributed by atoms with E-state index in [1.54, 1.807) is 6.92 Å². The molecule has 6 nitrogen and oxygen atoms in total. The zero-order valence-electron chi connectivity index (χ0n) is 21.3. The largest absolute Gasteiger partial charge is 0.461 e. The molecule has 38 heavy (non-hydrogen) atoms. The summed E-state index contributed by atoms with van der Waals surface area (Å²) in [6, 6.07) is 33.4. The second-order valence-corrected chi connectivity index (χ2v) is 8.53. The highest BCUT2D eigenvalue weighted by Gasteiger charge is 2.14. The molecule has 0 amide bonds. The second kappa shape index (κ2) is 13.2. The maximum Gasteiger partial charge on any atom is 0.305 e. The normalized spacial score (nSPS) is 11.4. The molecule has 0 aliphatic heterocycles. The number of nitrogens with zero attached hydrogens (tertiary/aromatic N) is 1. The minimum atomic E-state index is -1.00. The number of aliphatic hydroxyl groups is 1. The molecule has 0 aliphatic rings. The van der Waals surface area contributed by atoms with Crippen LogP contribution in [0.2, 0.25) is 0 Å². The third-order valence-electron chi connectivity index (χ3n) is 5.77. The molecule has 1 N–H and O–H groups in total. The van der Waals surface area contributed by atoms with Gasteiger partial charge in [-0.1, -0.05) is 56.0 Å². The number of rotatable bonds is 12. The molecule has 0 radical (unpaired) electrons. The van der Waals surface area contributed by atoms with Crippen LogP contribution in [0.4, 0.5) is 17.1 Å². The van der Waals surface area contributed by atoms with Crippen molar-refractivity contribution < 1.29 is 24.1 Å². The zero-order chi connectivity index (χ0) is 26.7. The summed E-state index contributed by atoms with van der Waals surface area (Å²) in [6.45, 7) is 5.81. The summed E-state index contributed by atoms with van der Waals surface area (Å²) in [5.41, 5.74) is 4.67. The van der Waals surface area contributed by atoms with E-state index in [-0.39, 0.29) is 19.2 Å². The van der Waals surface area contributed by atoms with E-state index in [2.05, 4.69) is 11.5 Å². The first kappa shape index (κ1) is 26.7.